The summed E-state index contributed by atoms with van der Waals surface area (Å²) in [6.45, 7) is 4.72. The highest BCUT2D eigenvalue weighted by Gasteiger charge is 2.23. The van der Waals surface area contributed by atoms with Crippen LogP contribution in [0.15, 0.2) is 0 Å². The predicted molar refractivity (Wildman–Crippen MR) is 59.6 cm³/mol. The molecule has 0 aliphatic heterocycles. The summed E-state index contributed by atoms with van der Waals surface area (Å²) < 4.78 is 11.0. The molecule has 0 aromatic carbocycles. The molecule has 0 aromatic rings. The van der Waals surface area contributed by atoms with Crippen molar-refractivity contribution in [2.45, 2.75) is 58.3 Å². The van der Waals surface area contributed by atoms with E-state index in [1.807, 2.05) is 6.92 Å². The molecule has 1 fully saturated rings. The highest BCUT2D eigenvalue weighted by Crippen LogP contribution is 2.28. The zero-order valence-electron chi connectivity index (χ0n) is 9.95. The minimum atomic E-state index is -0.418. The maximum atomic E-state index is 9.04. The SMILES string of the molecule is CCOC(CO)OC1CCC(CC)CC1. The summed E-state index contributed by atoms with van der Waals surface area (Å²) in [5.74, 6) is 0.879. The van der Waals surface area contributed by atoms with Crippen LogP contribution in [0.5, 0.6) is 0 Å². The second-order valence-corrected chi connectivity index (χ2v) is 4.25. The Morgan fingerprint density at radius 2 is 1.87 bits per heavy atom. The summed E-state index contributed by atoms with van der Waals surface area (Å²) in [4.78, 5) is 0. The van der Waals surface area contributed by atoms with Crippen molar-refractivity contribution in [2.24, 2.45) is 5.92 Å². The van der Waals surface area contributed by atoms with Gasteiger partial charge in [0.1, 0.15) is 0 Å². The van der Waals surface area contributed by atoms with Gasteiger partial charge in [0.2, 0.25) is 0 Å². The molecule has 0 saturated heterocycles. The van der Waals surface area contributed by atoms with Gasteiger partial charge < -0.3 is 14.6 Å². The van der Waals surface area contributed by atoms with E-state index in [0.29, 0.717) is 6.61 Å². The Balaban J connectivity index is 2.21. The van der Waals surface area contributed by atoms with Gasteiger partial charge >= 0.3 is 0 Å². The van der Waals surface area contributed by atoms with Crippen LogP contribution in [0.2, 0.25) is 0 Å². The molecule has 0 amide bonds. The Bertz CT molecular complexity index is 153. The first-order chi connectivity index (χ1) is 7.30. The van der Waals surface area contributed by atoms with E-state index in [1.54, 1.807) is 0 Å². The Labute approximate surface area is 92.8 Å². The third-order valence-corrected chi connectivity index (χ3v) is 3.22. The highest BCUT2D eigenvalue weighted by atomic mass is 16.7. The molecule has 0 bridgehead atoms. The fraction of sp³-hybridized carbons (Fsp3) is 1.00. The van der Waals surface area contributed by atoms with E-state index in [2.05, 4.69) is 6.92 Å². The van der Waals surface area contributed by atoms with Crippen LogP contribution in [0, 0.1) is 5.92 Å². The maximum Gasteiger partial charge on any atom is 0.180 e. The lowest BCUT2D eigenvalue weighted by atomic mass is 9.86. The van der Waals surface area contributed by atoms with E-state index in [0.717, 1.165) is 18.8 Å². The lowest BCUT2D eigenvalue weighted by Gasteiger charge is -2.30. The van der Waals surface area contributed by atoms with E-state index in [1.165, 1.54) is 19.3 Å². The van der Waals surface area contributed by atoms with Gasteiger partial charge in [-0.2, -0.15) is 0 Å². The number of aliphatic hydroxyl groups is 1. The fourth-order valence-electron chi connectivity index (χ4n) is 2.21. The zero-order chi connectivity index (χ0) is 11.1. The van der Waals surface area contributed by atoms with Crippen molar-refractivity contribution in [3.8, 4) is 0 Å². The van der Waals surface area contributed by atoms with Crippen LogP contribution in [-0.4, -0.2) is 30.7 Å². The summed E-state index contributed by atoms with van der Waals surface area (Å²) >= 11 is 0. The monoisotopic (exact) mass is 216 g/mol. The van der Waals surface area contributed by atoms with Crippen molar-refractivity contribution in [1.82, 2.24) is 0 Å². The average molecular weight is 216 g/mol. The van der Waals surface area contributed by atoms with Crippen molar-refractivity contribution in [2.75, 3.05) is 13.2 Å². The fourth-order valence-corrected chi connectivity index (χ4v) is 2.21. The van der Waals surface area contributed by atoms with Crippen LogP contribution >= 0.6 is 0 Å². The molecule has 3 heteroatoms. The smallest absolute Gasteiger partial charge is 0.180 e. The Morgan fingerprint density at radius 3 is 2.33 bits per heavy atom. The van der Waals surface area contributed by atoms with Gasteiger partial charge in [0.05, 0.1) is 12.7 Å². The second kappa shape index (κ2) is 7.20. The van der Waals surface area contributed by atoms with Gasteiger partial charge in [0.15, 0.2) is 6.29 Å². The Morgan fingerprint density at radius 1 is 1.20 bits per heavy atom. The molecule has 15 heavy (non-hydrogen) atoms. The van der Waals surface area contributed by atoms with Crippen LogP contribution in [0.3, 0.4) is 0 Å². The quantitative estimate of drug-likeness (QED) is 0.693. The van der Waals surface area contributed by atoms with Crippen LogP contribution in [0.25, 0.3) is 0 Å². The van der Waals surface area contributed by atoms with Crippen molar-refractivity contribution in [3.05, 3.63) is 0 Å². The summed E-state index contributed by atoms with van der Waals surface area (Å²) in [6.07, 6.45) is 5.89. The van der Waals surface area contributed by atoms with E-state index < -0.39 is 6.29 Å². The van der Waals surface area contributed by atoms with E-state index >= 15 is 0 Å². The molecule has 1 unspecified atom stereocenters. The first-order valence-electron chi connectivity index (χ1n) is 6.18. The van der Waals surface area contributed by atoms with E-state index in [-0.39, 0.29) is 12.7 Å². The van der Waals surface area contributed by atoms with Crippen LogP contribution < -0.4 is 0 Å². The van der Waals surface area contributed by atoms with Crippen LogP contribution in [-0.2, 0) is 9.47 Å². The van der Waals surface area contributed by atoms with Gasteiger partial charge in [0, 0.05) is 6.61 Å². The average Bonchev–Trinajstić information content (AvgIpc) is 2.29. The highest BCUT2D eigenvalue weighted by molar-refractivity contribution is 4.72. The molecule has 1 atom stereocenters. The normalized spacial score (nSPS) is 29.0. The van der Waals surface area contributed by atoms with Crippen molar-refractivity contribution < 1.29 is 14.6 Å². The van der Waals surface area contributed by atoms with Crippen LogP contribution in [0.4, 0.5) is 0 Å². The molecular weight excluding hydrogens is 192 g/mol. The third-order valence-electron chi connectivity index (χ3n) is 3.22. The van der Waals surface area contributed by atoms with Crippen molar-refractivity contribution >= 4 is 0 Å². The molecule has 1 saturated carbocycles. The van der Waals surface area contributed by atoms with E-state index in [4.69, 9.17) is 14.6 Å². The summed E-state index contributed by atoms with van der Waals surface area (Å²) in [7, 11) is 0. The third kappa shape index (κ3) is 4.49. The van der Waals surface area contributed by atoms with Gasteiger partial charge in [-0.15, -0.1) is 0 Å². The molecule has 1 aliphatic carbocycles. The lowest BCUT2D eigenvalue weighted by Crippen LogP contribution is -2.30. The molecule has 1 rings (SSSR count). The molecule has 1 aliphatic rings. The summed E-state index contributed by atoms with van der Waals surface area (Å²) in [5, 5.41) is 9.04. The number of ether oxygens (including phenoxy) is 2. The van der Waals surface area contributed by atoms with Gasteiger partial charge in [-0.05, 0) is 38.5 Å². The Hall–Kier alpha value is -0.120. The summed E-state index contributed by atoms with van der Waals surface area (Å²) in [5.41, 5.74) is 0. The number of hydrogen-bond donors (Lipinski definition) is 1. The van der Waals surface area contributed by atoms with Gasteiger partial charge in [0.25, 0.3) is 0 Å². The first-order valence-corrected chi connectivity index (χ1v) is 6.18. The first kappa shape index (κ1) is 12.9. The van der Waals surface area contributed by atoms with Crippen LogP contribution in [0.1, 0.15) is 46.0 Å². The standard InChI is InChI=1S/C12H24O3/c1-3-10-5-7-11(8-6-10)15-12(9-13)14-4-2/h10-13H,3-9H2,1-2H3. The molecule has 90 valence electrons. The van der Waals surface area contributed by atoms with Gasteiger partial charge in [-0.1, -0.05) is 13.3 Å². The molecule has 0 aromatic heterocycles. The predicted octanol–water partition coefficient (Wildman–Crippen LogP) is 2.33. The molecule has 0 radical (unpaired) electrons. The second-order valence-electron chi connectivity index (χ2n) is 4.25. The number of aliphatic hydroxyl groups excluding tert-OH is 1. The molecular formula is C12H24O3. The topological polar surface area (TPSA) is 38.7 Å². The maximum absolute atomic E-state index is 9.04. The number of hydrogen-bond acceptors (Lipinski definition) is 3. The minimum absolute atomic E-state index is 0.0401. The van der Waals surface area contributed by atoms with Crippen molar-refractivity contribution in [3.63, 3.8) is 0 Å². The lowest BCUT2D eigenvalue weighted by molar-refractivity contribution is -0.192. The number of rotatable bonds is 6. The van der Waals surface area contributed by atoms with Gasteiger partial charge in [-0.25, -0.2) is 0 Å². The van der Waals surface area contributed by atoms with Crippen molar-refractivity contribution in [1.29, 1.82) is 0 Å². The summed E-state index contributed by atoms with van der Waals surface area (Å²) in [6, 6.07) is 0. The van der Waals surface area contributed by atoms with E-state index in [9.17, 15) is 0 Å². The molecule has 0 spiro atoms. The largest absolute Gasteiger partial charge is 0.391 e. The Kier molecular flexibility index (Phi) is 6.22. The minimum Gasteiger partial charge on any atom is -0.391 e. The zero-order valence-corrected chi connectivity index (χ0v) is 9.95. The molecule has 1 N–H and O–H groups in total. The molecule has 0 heterocycles. The van der Waals surface area contributed by atoms with Gasteiger partial charge in [-0.3, -0.25) is 0 Å². The molecule has 3 nitrogen and oxygen atoms in total.